The Morgan fingerprint density at radius 1 is 1.25 bits per heavy atom. The Morgan fingerprint density at radius 2 is 2.05 bits per heavy atom. The minimum Gasteiger partial charge on any atom is -0.385 e. The zero-order chi connectivity index (χ0) is 14.0. The van der Waals surface area contributed by atoms with Crippen LogP contribution in [0.3, 0.4) is 0 Å². The maximum absolute atomic E-state index is 10.9. The lowest BCUT2D eigenvalue weighted by Crippen LogP contribution is -2.36. The van der Waals surface area contributed by atoms with E-state index < -0.39 is 11.7 Å². The smallest absolute Gasteiger partial charge is 0.109 e. The van der Waals surface area contributed by atoms with Gasteiger partial charge in [-0.1, -0.05) is 31.0 Å². The third kappa shape index (κ3) is 2.21. The zero-order valence-electron chi connectivity index (χ0n) is 11.9. The quantitative estimate of drug-likeness (QED) is 0.923. The fourth-order valence-electron chi connectivity index (χ4n) is 3.41. The normalized spacial score (nSPS) is 19.3. The van der Waals surface area contributed by atoms with Gasteiger partial charge in [-0.25, -0.2) is 0 Å². The second-order valence-corrected chi connectivity index (χ2v) is 5.52. The minimum atomic E-state index is -0.585. The molecule has 0 aliphatic heterocycles. The predicted octanol–water partition coefficient (Wildman–Crippen LogP) is 3.62. The van der Waals surface area contributed by atoms with Crippen molar-refractivity contribution in [2.24, 2.45) is 0 Å². The van der Waals surface area contributed by atoms with Crippen molar-refractivity contribution in [1.82, 2.24) is 4.98 Å². The second-order valence-electron chi connectivity index (χ2n) is 5.52. The van der Waals surface area contributed by atoms with Gasteiger partial charge in [0.1, 0.15) is 6.10 Å². The highest BCUT2D eigenvalue weighted by Gasteiger charge is 2.42. The molecular weight excluding hydrogens is 250 g/mol. The zero-order valence-corrected chi connectivity index (χ0v) is 11.9. The molecule has 3 rings (SSSR count). The van der Waals surface area contributed by atoms with Crippen molar-refractivity contribution in [3.8, 4) is 0 Å². The summed E-state index contributed by atoms with van der Waals surface area (Å²) < 4.78 is 5.99. The lowest BCUT2D eigenvalue weighted by molar-refractivity contribution is -0.118. The van der Waals surface area contributed by atoms with Crippen molar-refractivity contribution < 1.29 is 9.84 Å². The first kappa shape index (κ1) is 13.5. The van der Waals surface area contributed by atoms with E-state index in [0.29, 0.717) is 6.61 Å². The molecule has 1 N–H and O–H groups in total. The first-order chi connectivity index (χ1) is 9.77. The monoisotopic (exact) mass is 271 g/mol. The van der Waals surface area contributed by atoms with Gasteiger partial charge in [0.15, 0.2) is 0 Å². The van der Waals surface area contributed by atoms with Crippen molar-refractivity contribution in [3.63, 3.8) is 0 Å². The van der Waals surface area contributed by atoms with Crippen LogP contribution in [0.25, 0.3) is 10.9 Å². The van der Waals surface area contributed by atoms with E-state index >= 15 is 0 Å². The van der Waals surface area contributed by atoms with Gasteiger partial charge in [0, 0.05) is 18.2 Å². The largest absolute Gasteiger partial charge is 0.385 e. The number of rotatable bonds is 4. The highest BCUT2D eigenvalue weighted by Crippen LogP contribution is 2.44. The predicted molar refractivity (Wildman–Crippen MR) is 79.5 cm³/mol. The lowest BCUT2D eigenvalue weighted by atomic mass is 9.87. The average Bonchev–Trinajstić information content (AvgIpc) is 2.96. The Hall–Kier alpha value is -1.45. The number of hydrogen-bond donors (Lipinski definition) is 1. The molecule has 0 radical (unpaired) electrons. The maximum Gasteiger partial charge on any atom is 0.109 e. The number of nitrogens with zero attached hydrogens (tertiary/aromatic N) is 1. The molecule has 1 aliphatic carbocycles. The summed E-state index contributed by atoms with van der Waals surface area (Å²) in [5, 5.41) is 12.0. The van der Waals surface area contributed by atoms with Crippen molar-refractivity contribution in [2.75, 3.05) is 6.61 Å². The number of benzene rings is 1. The number of aliphatic hydroxyl groups excluding tert-OH is 1. The van der Waals surface area contributed by atoms with Gasteiger partial charge in [-0.3, -0.25) is 4.98 Å². The molecule has 1 atom stereocenters. The summed E-state index contributed by atoms with van der Waals surface area (Å²) in [5.74, 6) is 0. The first-order valence-electron chi connectivity index (χ1n) is 7.42. The number of fused-ring (bicyclic) bond motifs is 1. The molecule has 1 fully saturated rings. The van der Waals surface area contributed by atoms with Crippen LogP contribution in [0.4, 0.5) is 0 Å². The van der Waals surface area contributed by atoms with Gasteiger partial charge in [-0.15, -0.1) is 0 Å². The molecule has 2 aromatic rings. The van der Waals surface area contributed by atoms with E-state index in [1.807, 2.05) is 37.3 Å². The van der Waals surface area contributed by atoms with Crippen LogP contribution >= 0.6 is 0 Å². The van der Waals surface area contributed by atoms with E-state index in [1.165, 1.54) is 0 Å². The SMILES string of the molecule is CCOC1(C(O)c2cccc3ncccc23)CCCC1. The van der Waals surface area contributed by atoms with Gasteiger partial charge in [-0.05, 0) is 37.5 Å². The van der Waals surface area contributed by atoms with Crippen molar-refractivity contribution in [2.45, 2.75) is 44.3 Å². The molecule has 0 saturated heterocycles. The Balaban J connectivity index is 2.05. The van der Waals surface area contributed by atoms with E-state index in [4.69, 9.17) is 4.74 Å². The molecule has 1 aliphatic rings. The fraction of sp³-hybridized carbons (Fsp3) is 0.471. The number of pyridine rings is 1. The van der Waals surface area contributed by atoms with Gasteiger partial charge in [-0.2, -0.15) is 0 Å². The van der Waals surface area contributed by atoms with Crippen LogP contribution in [0.5, 0.6) is 0 Å². The van der Waals surface area contributed by atoms with Crippen LogP contribution in [0.1, 0.15) is 44.3 Å². The molecule has 1 aromatic heterocycles. The van der Waals surface area contributed by atoms with E-state index in [-0.39, 0.29) is 0 Å². The maximum atomic E-state index is 10.9. The summed E-state index contributed by atoms with van der Waals surface area (Å²) in [4.78, 5) is 4.37. The Kier molecular flexibility index (Phi) is 3.72. The fourth-order valence-corrected chi connectivity index (χ4v) is 3.41. The standard InChI is InChI=1S/C17H21NO2/c1-2-20-17(10-3-4-11-17)16(19)14-7-5-9-15-13(14)8-6-12-18-15/h5-9,12,16,19H,2-4,10-11H2,1H3. The van der Waals surface area contributed by atoms with Crippen molar-refractivity contribution >= 4 is 10.9 Å². The summed E-state index contributed by atoms with van der Waals surface area (Å²) in [6.07, 6.45) is 5.31. The average molecular weight is 271 g/mol. The van der Waals surface area contributed by atoms with Gasteiger partial charge >= 0.3 is 0 Å². The number of ether oxygens (including phenoxy) is 1. The summed E-state index contributed by atoms with van der Waals surface area (Å²) in [5.41, 5.74) is 1.44. The van der Waals surface area contributed by atoms with Gasteiger partial charge < -0.3 is 9.84 Å². The molecule has 0 spiro atoms. The number of aromatic nitrogens is 1. The molecule has 1 heterocycles. The Morgan fingerprint density at radius 3 is 2.80 bits per heavy atom. The van der Waals surface area contributed by atoms with E-state index in [9.17, 15) is 5.11 Å². The van der Waals surface area contributed by atoms with Crippen LogP contribution in [0, 0.1) is 0 Å². The molecule has 106 valence electrons. The van der Waals surface area contributed by atoms with E-state index in [2.05, 4.69) is 4.98 Å². The molecule has 0 amide bonds. The molecule has 0 bridgehead atoms. The summed E-state index contributed by atoms with van der Waals surface area (Å²) in [7, 11) is 0. The second kappa shape index (κ2) is 5.51. The third-order valence-corrected chi connectivity index (χ3v) is 4.35. The van der Waals surface area contributed by atoms with Crippen LogP contribution in [-0.2, 0) is 4.74 Å². The molecule has 1 saturated carbocycles. The third-order valence-electron chi connectivity index (χ3n) is 4.35. The lowest BCUT2D eigenvalue weighted by Gasteiger charge is -2.34. The molecule has 1 aromatic carbocycles. The van der Waals surface area contributed by atoms with Gasteiger partial charge in [0.2, 0.25) is 0 Å². The van der Waals surface area contributed by atoms with E-state index in [1.54, 1.807) is 6.20 Å². The topological polar surface area (TPSA) is 42.4 Å². The first-order valence-corrected chi connectivity index (χ1v) is 7.42. The molecule has 3 nitrogen and oxygen atoms in total. The molecule has 20 heavy (non-hydrogen) atoms. The number of aliphatic hydroxyl groups is 1. The molecular formula is C17H21NO2. The minimum absolute atomic E-state index is 0.418. The highest BCUT2D eigenvalue weighted by atomic mass is 16.5. The Labute approximate surface area is 119 Å². The number of hydrogen-bond acceptors (Lipinski definition) is 3. The molecule has 3 heteroatoms. The summed E-state index contributed by atoms with van der Waals surface area (Å²) in [6.45, 7) is 2.64. The summed E-state index contributed by atoms with van der Waals surface area (Å²) >= 11 is 0. The van der Waals surface area contributed by atoms with Gasteiger partial charge in [0.05, 0.1) is 11.1 Å². The van der Waals surface area contributed by atoms with Crippen molar-refractivity contribution in [1.29, 1.82) is 0 Å². The van der Waals surface area contributed by atoms with Crippen LogP contribution < -0.4 is 0 Å². The summed E-state index contributed by atoms with van der Waals surface area (Å²) in [6, 6.07) is 9.87. The van der Waals surface area contributed by atoms with Crippen LogP contribution in [0.15, 0.2) is 36.5 Å². The Bertz CT molecular complexity index is 585. The van der Waals surface area contributed by atoms with Crippen molar-refractivity contribution in [3.05, 3.63) is 42.1 Å². The van der Waals surface area contributed by atoms with E-state index in [0.717, 1.165) is 42.1 Å². The van der Waals surface area contributed by atoms with Gasteiger partial charge in [0.25, 0.3) is 0 Å². The van der Waals surface area contributed by atoms with Crippen LogP contribution in [0.2, 0.25) is 0 Å². The molecule has 1 unspecified atom stereocenters. The highest BCUT2D eigenvalue weighted by molar-refractivity contribution is 5.82. The van der Waals surface area contributed by atoms with Crippen LogP contribution in [-0.4, -0.2) is 22.3 Å².